The van der Waals surface area contributed by atoms with Crippen molar-refractivity contribution < 1.29 is 4.74 Å². The van der Waals surface area contributed by atoms with Crippen molar-refractivity contribution in [2.45, 2.75) is 45.4 Å². The number of anilines is 2. The molecular formula is C26H31NO. The van der Waals surface area contributed by atoms with E-state index in [9.17, 15) is 0 Å². The topological polar surface area (TPSA) is 21.3 Å². The van der Waals surface area contributed by atoms with Crippen molar-refractivity contribution in [3.05, 3.63) is 90.0 Å². The number of aryl methyl sites for hydroxylation is 1. The Morgan fingerprint density at radius 2 is 1.54 bits per heavy atom. The van der Waals surface area contributed by atoms with Crippen LogP contribution in [0.2, 0.25) is 0 Å². The van der Waals surface area contributed by atoms with Gasteiger partial charge in [-0.2, -0.15) is 0 Å². The highest BCUT2D eigenvalue weighted by Crippen LogP contribution is 2.30. The van der Waals surface area contributed by atoms with Gasteiger partial charge in [0.2, 0.25) is 0 Å². The van der Waals surface area contributed by atoms with E-state index in [1.165, 1.54) is 11.1 Å². The molecule has 3 aromatic carbocycles. The molecule has 0 aromatic heterocycles. The van der Waals surface area contributed by atoms with Crippen molar-refractivity contribution in [1.82, 2.24) is 0 Å². The van der Waals surface area contributed by atoms with Gasteiger partial charge in [-0.3, -0.25) is 0 Å². The van der Waals surface area contributed by atoms with Crippen LogP contribution in [0.25, 0.3) is 0 Å². The third-order valence-electron chi connectivity index (χ3n) is 5.20. The maximum Gasteiger partial charge on any atom is 0.119 e. The molecule has 3 rings (SSSR count). The van der Waals surface area contributed by atoms with Crippen LogP contribution in [0.5, 0.6) is 5.75 Å². The van der Waals surface area contributed by atoms with Crippen LogP contribution >= 0.6 is 0 Å². The van der Waals surface area contributed by atoms with Crippen molar-refractivity contribution in [2.75, 3.05) is 11.9 Å². The van der Waals surface area contributed by atoms with Crippen LogP contribution in [0.1, 0.15) is 44.7 Å². The fraction of sp³-hybridized carbons (Fsp3) is 0.308. The van der Waals surface area contributed by atoms with Gasteiger partial charge >= 0.3 is 0 Å². The van der Waals surface area contributed by atoms with Crippen molar-refractivity contribution in [3.8, 4) is 5.75 Å². The second-order valence-corrected chi connectivity index (χ2v) is 7.89. The molecule has 0 saturated carbocycles. The molecule has 0 bridgehead atoms. The van der Waals surface area contributed by atoms with Crippen molar-refractivity contribution >= 4 is 11.4 Å². The summed E-state index contributed by atoms with van der Waals surface area (Å²) in [6.45, 7) is 7.38. The maximum absolute atomic E-state index is 5.56. The minimum absolute atomic E-state index is 0.157. The lowest BCUT2D eigenvalue weighted by atomic mass is 9.80. The Kier molecular flexibility index (Phi) is 6.76. The lowest BCUT2D eigenvalue weighted by Gasteiger charge is -2.25. The van der Waals surface area contributed by atoms with E-state index in [-0.39, 0.29) is 5.41 Å². The standard InChI is InChI=1S/C26H31NO/c1-4-28-25-17-15-22(16-18-25)26(2,3)19-9-11-21-10-8-14-24(20-21)27-23-12-6-5-7-13-23/h5-8,10,12-18,20,27H,4,9,11,19H2,1-3H3. The highest BCUT2D eigenvalue weighted by atomic mass is 16.5. The van der Waals surface area contributed by atoms with Gasteiger partial charge in [0.1, 0.15) is 5.75 Å². The number of para-hydroxylation sites is 1. The first-order valence-electron chi connectivity index (χ1n) is 10.2. The summed E-state index contributed by atoms with van der Waals surface area (Å²) >= 11 is 0. The predicted molar refractivity (Wildman–Crippen MR) is 120 cm³/mol. The van der Waals surface area contributed by atoms with Crippen LogP contribution in [0.15, 0.2) is 78.9 Å². The van der Waals surface area contributed by atoms with Crippen LogP contribution < -0.4 is 10.1 Å². The van der Waals surface area contributed by atoms with E-state index in [1.54, 1.807) is 0 Å². The summed E-state index contributed by atoms with van der Waals surface area (Å²) in [7, 11) is 0. The zero-order valence-corrected chi connectivity index (χ0v) is 17.2. The SMILES string of the molecule is CCOc1ccc(C(C)(C)CCCc2cccc(Nc3ccccc3)c2)cc1. The minimum Gasteiger partial charge on any atom is -0.494 e. The van der Waals surface area contributed by atoms with Crippen molar-refractivity contribution in [3.63, 3.8) is 0 Å². The van der Waals surface area contributed by atoms with E-state index in [0.29, 0.717) is 6.61 Å². The number of benzene rings is 3. The number of rotatable bonds is 9. The molecule has 2 nitrogen and oxygen atoms in total. The van der Waals surface area contributed by atoms with Crippen LogP contribution in [0.4, 0.5) is 11.4 Å². The molecule has 2 heteroatoms. The first-order valence-corrected chi connectivity index (χ1v) is 10.2. The largest absolute Gasteiger partial charge is 0.494 e. The number of ether oxygens (including phenoxy) is 1. The molecule has 0 atom stereocenters. The first kappa shape index (κ1) is 20.0. The molecular weight excluding hydrogens is 342 g/mol. The first-order chi connectivity index (χ1) is 13.6. The van der Waals surface area contributed by atoms with Gasteiger partial charge in [-0.1, -0.05) is 56.3 Å². The Balaban J connectivity index is 1.55. The average Bonchev–Trinajstić information content (AvgIpc) is 2.70. The van der Waals surface area contributed by atoms with Gasteiger partial charge in [0.15, 0.2) is 0 Å². The second-order valence-electron chi connectivity index (χ2n) is 7.89. The van der Waals surface area contributed by atoms with Crippen molar-refractivity contribution in [1.29, 1.82) is 0 Å². The van der Waals surface area contributed by atoms with Crippen LogP contribution in [-0.4, -0.2) is 6.61 Å². The molecule has 0 spiro atoms. The fourth-order valence-electron chi connectivity index (χ4n) is 3.54. The van der Waals surface area contributed by atoms with E-state index < -0.39 is 0 Å². The summed E-state index contributed by atoms with van der Waals surface area (Å²) in [6, 6.07) is 27.6. The normalized spacial score (nSPS) is 11.2. The van der Waals surface area contributed by atoms with E-state index in [0.717, 1.165) is 36.4 Å². The van der Waals surface area contributed by atoms with E-state index >= 15 is 0 Å². The monoisotopic (exact) mass is 373 g/mol. The Hall–Kier alpha value is -2.74. The molecule has 3 aromatic rings. The molecule has 146 valence electrons. The second kappa shape index (κ2) is 9.45. The quantitative estimate of drug-likeness (QED) is 0.431. The molecule has 0 radical (unpaired) electrons. The summed E-state index contributed by atoms with van der Waals surface area (Å²) in [5.74, 6) is 0.949. The number of hydrogen-bond donors (Lipinski definition) is 1. The molecule has 0 unspecified atom stereocenters. The number of nitrogens with one attached hydrogen (secondary N) is 1. The average molecular weight is 374 g/mol. The Morgan fingerprint density at radius 1 is 0.821 bits per heavy atom. The van der Waals surface area contributed by atoms with Gasteiger partial charge in [-0.25, -0.2) is 0 Å². The highest BCUT2D eigenvalue weighted by Gasteiger charge is 2.20. The van der Waals surface area contributed by atoms with Gasteiger partial charge in [0, 0.05) is 11.4 Å². The van der Waals surface area contributed by atoms with Gasteiger partial charge < -0.3 is 10.1 Å². The zero-order chi connectivity index (χ0) is 19.8. The minimum atomic E-state index is 0.157. The van der Waals surface area contributed by atoms with Gasteiger partial charge in [0.25, 0.3) is 0 Å². The highest BCUT2D eigenvalue weighted by molar-refractivity contribution is 5.60. The Bertz CT molecular complexity index is 853. The molecule has 0 saturated heterocycles. The summed E-state index contributed by atoms with van der Waals surface area (Å²) in [6.07, 6.45) is 3.40. The molecule has 0 amide bonds. The molecule has 0 heterocycles. The zero-order valence-electron chi connectivity index (χ0n) is 17.2. The Morgan fingerprint density at radius 3 is 2.25 bits per heavy atom. The van der Waals surface area contributed by atoms with Crippen LogP contribution in [0.3, 0.4) is 0 Å². The predicted octanol–water partition coefficient (Wildman–Crippen LogP) is 7.13. The Labute approximate surface area is 169 Å². The third kappa shape index (κ3) is 5.63. The summed E-state index contributed by atoms with van der Waals surface area (Å²) < 4.78 is 5.56. The summed E-state index contributed by atoms with van der Waals surface area (Å²) in [4.78, 5) is 0. The summed E-state index contributed by atoms with van der Waals surface area (Å²) in [5, 5.41) is 3.48. The lowest BCUT2D eigenvalue weighted by Crippen LogP contribution is -2.17. The number of hydrogen-bond acceptors (Lipinski definition) is 2. The van der Waals surface area contributed by atoms with Gasteiger partial charge in [-0.05, 0) is 79.1 Å². The van der Waals surface area contributed by atoms with Crippen LogP contribution in [0, 0.1) is 0 Å². The van der Waals surface area contributed by atoms with E-state index in [4.69, 9.17) is 4.74 Å². The van der Waals surface area contributed by atoms with Gasteiger partial charge in [-0.15, -0.1) is 0 Å². The third-order valence-corrected chi connectivity index (χ3v) is 5.20. The van der Waals surface area contributed by atoms with Crippen LogP contribution in [-0.2, 0) is 11.8 Å². The fourth-order valence-corrected chi connectivity index (χ4v) is 3.54. The lowest BCUT2D eigenvalue weighted by molar-refractivity contribution is 0.339. The van der Waals surface area contributed by atoms with Crippen molar-refractivity contribution in [2.24, 2.45) is 0 Å². The smallest absolute Gasteiger partial charge is 0.119 e. The molecule has 0 fully saturated rings. The molecule has 1 N–H and O–H groups in total. The summed E-state index contributed by atoms with van der Waals surface area (Å²) in [5.41, 5.74) is 5.18. The molecule has 0 aliphatic heterocycles. The van der Waals surface area contributed by atoms with E-state index in [2.05, 4.69) is 92.0 Å². The van der Waals surface area contributed by atoms with E-state index in [1.807, 2.05) is 13.0 Å². The van der Waals surface area contributed by atoms with Gasteiger partial charge in [0.05, 0.1) is 6.61 Å². The molecule has 28 heavy (non-hydrogen) atoms. The maximum atomic E-state index is 5.56. The molecule has 0 aliphatic carbocycles. The molecule has 0 aliphatic rings.